The van der Waals surface area contributed by atoms with E-state index in [0.717, 1.165) is 29.9 Å². The van der Waals surface area contributed by atoms with Crippen LogP contribution in [0.4, 0.5) is 4.79 Å². The number of carbonyl (C=O) groups excluding carboxylic acids is 1. The van der Waals surface area contributed by atoms with Crippen LogP contribution in [0.25, 0.3) is 0 Å². The van der Waals surface area contributed by atoms with Crippen LogP contribution in [-0.2, 0) is 4.74 Å². The molecule has 0 saturated carbocycles. The van der Waals surface area contributed by atoms with E-state index in [-0.39, 0.29) is 12.1 Å². The number of urea groups is 1. The zero-order valence-electron chi connectivity index (χ0n) is 12.5. The largest absolute Gasteiger partial charge is 0.370 e. The average Bonchev–Trinajstić information content (AvgIpc) is 2.56. The summed E-state index contributed by atoms with van der Waals surface area (Å²) < 4.78 is 5.81. The van der Waals surface area contributed by atoms with E-state index >= 15 is 0 Å². The monoisotopic (exact) mass is 340 g/mol. The molecule has 2 aliphatic heterocycles. The molecule has 2 fully saturated rings. The molecule has 1 N–H and O–H groups in total. The van der Waals surface area contributed by atoms with Gasteiger partial charge in [-0.05, 0) is 30.4 Å². The van der Waals surface area contributed by atoms with E-state index in [1.807, 2.05) is 40.9 Å². The topological polar surface area (TPSA) is 41.6 Å². The van der Waals surface area contributed by atoms with Crippen LogP contribution in [0.1, 0.15) is 24.5 Å². The Labute approximate surface area is 140 Å². The number of hydrogen-bond donors (Lipinski definition) is 1. The molecule has 0 unspecified atom stereocenters. The fraction of sp³-hybridized carbons (Fsp3) is 0.562. The fourth-order valence-electron chi connectivity index (χ4n) is 2.87. The predicted molar refractivity (Wildman–Crippen MR) is 90.6 cm³/mol. The first kappa shape index (κ1) is 16.0. The summed E-state index contributed by atoms with van der Waals surface area (Å²) >= 11 is 8.20. The number of nitrogens with zero attached hydrogens (tertiary/aromatic N) is 1. The van der Waals surface area contributed by atoms with Gasteiger partial charge in [-0.2, -0.15) is 11.8 Å². The van der Waals surface area contributed by atoms with E-state index in [1.54, 1.807) is 0 Å². The van der Waals surface area contributed by atoms with Gasteiger partial charge in [-0.1, -0.05) is 29.8 Å². The number of hydrogen-bond acceptors (Lipinski definition) is 3. The lowest BCUT2D eigenvalue weighted by molar-refractivity contribution is -0.0157. The number of rotatable bonds is 2. The highest BCUT2D eigenvalue weighted by molar-refractivity contribution is 7.99. The molecule has 1 atom stereocenters. The summed E-state index contributed by atoms with van der Waals surface area (Å²) in [5, 5.41) is 3.85. The molecule has 0 radical (unpaired) electrons. The molecule has 1 aromatic rings. The van der Waals surface area contributed by atoms with Gasteiger partial charge < -0.3 is 15.0 Å². The average molecular weight is 341 g/mol. The minimum absolute atomic E-state index is 0.0252. The number of amides is 2. The maximum absolute atomic E-state index is 12.4. The van der Waals surface area contributed by atoms with Crippen LogP contribution < -0.4 is 5.32 Å². The third kappa shape index (κ3) is 3.89. The molecular formula is C16H21ClN2O2S. The fourth-order valence-corrected chi connectivity index (χ4v) is 4.23. The van der Waals surface area contributed by atoms with Crippen molar-refractivity contribution in [2.24, 2.45) is 0 Å². The molecule has 1 aromatic carbocycles. The quantitative estimate of drug-likeness (QED) is 0.898. The molecule has 0 spiro atoms. The van der Waals surface area contributed by atoms with Crippen molar-refractivity contribution in [3.05, 3.63) is 34.9 Å². The highest BCUT2D eigenvalue weighted by atomic mass is 35.5. The first-order valence-electron chi connectivity index (χ1n) is 7.73. The molecule has 3 rings (SSSR count). The molecule has 2 heterocycles. The van der Waals surface area contributed by atoms with Gasteiger partial charge in [-0.15, -0.1) is 0 Å². The molecule has 0 aromatic heterocycles. The van der Waals surface area contributed by atoms with Crippen molar-refractivity contribution in [2.75, 3.05) is 31.2 Å². The second-order valence-electron chi connectivity index (χ2n) is 5.66. The third-order valence-corrected chi connectivity index (χ3v) is 5.55. The normalized spacial score (nSPS) is 23.3. The van der Waals surface area contributed by atoms with Crippen LogP contribution in [0.2, 0.25) is 5.02 Å². The number of halogens is 1. The molecule has 2 saturated heterocycles. The Morgan fingerprint density at radius 1 is 1.32 bits per heavy atom. The Kier molecular flexibility index (Phi) is 5.50. The summed E-state index contributed by atoms with van der Waals surface area (Å²) in [6.07, 6.45) is 1.98. The SMILES string of the molecule is O=C(NC1CCSCC1)N1CCO[C@@H](c2ccccc2Cl)C1. The molecular weight excluding hydrogens is 320 g/mol. The highest BCUT2D eigenvalue weighted by Gasteiger charge is 2.28. The number of morpholine rings is 1. The van der Waals surface area contributed by atoms with E-state index < -0.39 is 0 Å². The van der Waals surface area contributed by atoms with E-state index in [9.17, 15) is 4.79 Å². The van der Waals surface area contributed by atoms with Crippen LogP contribution in [0, 0.1) is 0 Å². The van der Waals surface area contributed by atoms with Gasteiger partial charge >= 0.3 is 6.03 Å². The van der Waals surface area contributed by atoms with E-state index in [1.165, 1.54) is 0 Å². The van der Waals surface area contributed by atoms with Gasteiger partial charge in [0, 0.05) is 23.2 Å². The van der Waals surface area contributed by atoms with Crippen molar-refractivity contribution >= 4 is 29.4 Å². The second-order valence-corrected chi connectivity index (χ2v) is 7.30. The standard InChI is InChI=1S/C16H21ClN2O2S/c17-14-4-2-1-3-13(14)15-11-19(7-8-21-15)16(20)18-12-5-9-22-10-6-12/h1-4,12,15H,5-11H2,(H,18,20)/t15-/m1/s1. The van der Waals surface area contributed by atoms with Crippen LogP contribution in [0.3, 0.4) is 0 Å². The van der Waals surface area contributed by atoms with Crippen molar-refractivity contribution in [1.29, 1.82) is 0 Å². The molecule has 6 heteroatoms. The van der Waals surface area contributed by atoms with Crippen molar-refractivity contribution in [3.63, 3.8) is 0 Å². The van der Waals surface area contributed by atoms with Gasteiger partial charge in [0.05, 0.1) is 13.2 Å². The maximum Gasteiger partial charge on any atom is 0.317 e. The van der Waals surface area contributed by atoms with Crippen LogP contribution >= 0.6 is 23.4 Å². The van der Waals surface area contributed by atoms with Gasteiger partial charge in [-0.25, -0.2) is 4.79 Å². The van der Waals surface area contributed by atoms with Crippen LogP contribution in [0.5, 0.6) is 0 Å². The summed E-state index contributed by atoms with van der Waals surface area (Å²) in [5.41, 5.74) is 0.954. The Morgan fingerprint density at radius 3 is 2.86 bits per heavy atom. The minimum Gasteiger partial charge on any atom is -0.370 e. The number of thioether (sulfide) groups is 1. The smallest absolute Gasteiger partial charge is 0.317 e. The first-order chi connectivity index (χ1) is 10.7. The molecule has 4 nitrogen and oxygen atoms in total. The summed E-state index contributed by atoms with van der Waals surface area (Å²) in [5.74, 6) is 2.27. The lowest BCUT2D eigenvalue weighted by Gasteiger charge is -2.35. The summed E-state index contributed by atoms with van der Waals surface area (Å²) in [6.45, 7) is 1.73. The summed E-state index contributed by atoms with van der Waals surface area (Å²) in [4.78, 5) is 14.3. The van der Waals surface area contributed by atoms with Gasteiger partial charge in [0.25, 0.3) is 0 Å². The van der Waals surface area contributed by atoms with Gasteiger partial charge in [-0.3, -0.25) is 0 Å². The molecule has 0 bridgehead atoms. The van der Waals surface area contributed by atoms with Crippen LogP contribution in [-0.4, -0.2) is 48.2 Å². The molecule has 22 heavy (non-hydrogen) atoms. The number of carbonyl (C=O) groups is 1. The van der Waals surface area contributed by atoms with E-state index in [2.05, 4.69) is 5.32 Å². The maximum atomic E-state index is 12.4. The van der Waals surface area contributed by atoms with Gasteiger partial charge in [0.15, 0.2) is 0 Å². The van der Waals surface area contributed by atoms with Crippen molar-refractivity contribution in [3.8, 4) is 0 Å². The third-order valence-electron chi connectivity index (χ3n) is 4.15. The van der Waals surface area contributed by atoms with Crippen LogP contribution in [0.15, 0.2) is 24.3 Å². The molecule has 0 aliphatic carbocycles. The lowest BCUT2D eigenvalue weighted by atomic mass is 10.1. The number of benzene rings is 1. The Morgan fingerprint density at radius 2 is 2.09 bits per heavy atom. The zero-order valence-corrected chi connectivity index (χ0v) is 14.0. The van der Waals surface area contributed by atoms with E-state index in [4.69, 9.17) is 16.3 Å². The molecule has 2 aliphatic rings. The number of nitrogens with one attached hydrogen (secondary N) is 1. The summed E-state index contributed by atoms with van der Waals surface area (Å²) in [7, 11) is 0. The summed E-state index contributed by atoms with van der Waals surface area (Å²) in [6, 6.07) is 8.02. The van der Waals surface area contributed by atoms with Crippen molar-refractivity contribution in [2.45, 2.75) is 25.0 Å². The van der Waals surface area contributed by atoms with Crippen molar-refractivity contribution in [1.82, 2.24) is 10.2 Å². The lowest BCUT2D eigenvalue weighted by Crippen LogP contribution is -2.50. The zero-order chi connectivity index (χ0) is 15.4. The molecule has 2 amide bonds. The number of ether oxygens (including phenoxy) is 1. The van der Waals surface area contributed by atoms with Gasteiger partial charge in [0.2, 0.25) is 0 Å². The Balaban J connectivity index is 1.60. The predicted octanol–water partition coefficient (Wildman–Crippen LogP) is 3.32. The second kappa shape index (κ2) is 7.57. The van der Waals surface area contributed by atoms with Gasteiger partial charge in [0.1, 0.15) is 6.10 Å². The van der Waals surface area contributed by atoms with Crippen molar-refractivity contribution < 1.29 is 9.53 Å². The first-order valence-corrected chi connectivity index (χ1v) is 9.26. The Hall–Kier alpha value is -0.910. The highest BCUT2D eigenvalue weighted by Crippen LogP contribution is 2.28. The molecule has 120 valence electrons. The minimum atomic E-state index is -0.143. The Bertz CT molecular complexity index is 523. The van der Waals surface area contributed by atoms with E-state index in [0.29, 0.717) is 30.8 Å².